The third-order valence-electron chi connectivity index (χ3n) is 7.90. The molecule has 0 radical (unpaired) electrons. The number of aryl methyl sites for hydroxylation is 4. The van der Waals surface area contributed by atoms with E-state index in [9.17, 15) is 45.1 Å². The number of nitrogens with zero attached hydrogens (tertiary/aromatic N) is 4. The van der Waals surface area contributed by atoms with Crippen molar-refractivity contribution in [1.29, 1.82) is 0 Å². The number of rotatable bonds is 13. The molecule has 0 bridgehead atoms. The molecule has 0 aliphatic carbocycles. The molecule has 4 N–H and O–H groups in total. The molecule has 4 aromatic carbocycles. The highest BCUT2D eigenvalue weighted by molar-refractivity contribution is 7.86. The Morgan fingerprint density at radius 1 is 0.556 bits per heavy atom. The molecule has 282 valence electrons. The number of ketones is 2. The van der Waals surface area contributed by atoms with Gasteiger partial charge >= 0.3 is 0 Å². The molecule has 2 amide bonds. The van der Waals surface area contributed by atoms with Crippen molar-refractivity contribution in [3.8, 4) is 11.1 Å². The summed E-state index contributed by atoms with van der Waals surface area (Å²) >= 11 is 0. The van der Waals surface area contributed by atoms with E-state index in [1.165, 1.54) is 12.1 Å². The lowest BCUT2D eigenvalue weighted by molar-refractivity contribution is -0.127. The summed E-state index contributed by atoms with van der Waals surface area (Å²) in [5.74, 6) is -2.98. The van der Waals surface area contributed by atoms with E-state index in [0.29, 0.717) is 11.4 Å². The number of amides is 2. The van der Waals surface area contributed by atoms with Gasteiger partial charge in [-0.05, 0) is 89.1 Å². The predicted octanol–water partition coefficient (Wildman–Crippen LogP) is 6.44. The van der Waals surface area contributed by atoms with Crippen molar-refractivity contribution in [2.75, 3.05) is 10.6 Å². The van der Waals surface area contributed by atoms with Gasteiger partial charge in [0.25, 0.3) is 32.1 Å². The highest BCUT2D eigenvalue weighted by Gasteiger charge is 2.27. The molecule has 0 saturated carbocycles. The fourth-order valence-corrected chi connectivity index (χ4v) is 6.66. The van der Waals surface area contributed by atoms with Crippen LogP contribution in [0, 0.1) is 27.7 Å². The zero-order chi connectivity index (χ0) is 40.1. The Labute approximate surface area is 311 Å². The lowest BCUT2D eigenvalue weighted by Gasteiger charge is -2.13. The maximum absolute atomic E-state index is 12.9. The molecule has 0 fully saturated rings. The second-order valence-electron chi connectivity index (χ2n) is 12.4. The summed E-state index contributed by atoms with van der Waals surface area (Å²) in [5.41, 5.74) is 2.93. The fraction of sp³-hybridized carbons (Fsp3) is 0.222. The summed E-state index contributed by atoms with van der Waals surface area (Å²) in [7, 11) is -10.2. The first kappa shape index (κ1) is 40.9. The van der Waals surface area contributed by atoms with Gasteiger partial charge < -0.3 is 10.6 Å². The maximum Gasteiger partial charge on any atom is 0.295 e. The van der Waals surface area contributed by atoms with Crippen molar-refractivity contribution in [1.82, 2.24) is 0 Å². The molecule has 0 aliphatic rings. The van der Waals surface area contributed by atoms with Crippen LogP contribution in [0.1, 0.15) is 36.1 Å². The highest BCUT2D eigenvalue weighted by atomic mass is 32.2. The third-order valence-corrected chi connectivity index (χ3v) is 9.69. The van der Waals surface area contributed by atoms with Crippen LogP contribution in [-0.4, -0.2) is 61.4 Å². The summed E-state index contributed by atoms with van der Waals surface area (Å²) < 4.78 is 70.4. The fourth-order valence-electron chi connectivity index (χ4n) is 5.21. The van der Waals surface area contributed by atoms with Crippen LogP contribution in [0.25, 0.3) is 11.1 Å². The van der Waals surface area contributed by atoms with Crippen LogP contribution in [0.4, 0.5) is 22.7 Å². The number of carbonyl (C=O) groups excluding carboxylic acids is 4. The van der Waals surface area contributed by atoms with E-state index in [1.807, 2.05) is 26.0 Å². The Balaban J connectivity index is 1.68. The molecule has 0 spiro atoms. The number of hydrogen-bond acceptors (Lipinski definition) is 12. The van der Waals surface area contributed by atoms with E-state index >= 15 is 0 Å². The molecule has 0 heterocycles. The van der Waals surface area contributed by atoms with Crippen LogP contribution in [0.5, 0.6) is 0 Å². The number of Topliss-reactive ketones (excluding diaryl/α,β-unsaturated/α-hetero) is 2. The molecule has 18 heteroatoms. The lowest BCUT2D eigenvalue weighted by Crippen LogP contribution is -2.32. The van der Waals surface area contributed by atoms with Crippen molar-refractivity contribution in [2.24, 2.45) is 20.5 Å². The van der Waals surface area contributed by atoms with Gasteiger partial charge in [-0.1, -0.05) is 47.5 Å². The van der Waals surface area contributed by atoms with Gasteiger partial charge in [0.05, 0.1) is 11.4 Å². The minimum atomic E-state index is -5.12. The Kier molecular flexibility index (Phi) is 12.5. The molecular weight excluding hydrogens is 741 g/mol. The number of benzene rings is 4. The minimum Gasteiger partial charge on any atom is -0.324 e. The molecule has 4 rings (SSSR count). The van der Waals surface area contributed by atoms with Gasteiger partial charge in [-0.15, -0.1) is 0 Å². The van der Waals surface area contributed by atoms with Crippen LogP contribution in [0.3, 0.4) is 0 Å². The first-order valence-electron chi connectivity index (χ1n) is 16.0. The van der Waals surface area contributed by atoms with Crippen LogP contribution in [0.2, 0.25) is 0 Å². The average molecular weight is 777 g/mol. The standard InChI is InChI=1S/C36H36N6O10S2/c1-19-7-13-29(21(3)15-19)37-35(45)33(23(5)43)41-39-25-9-11-27(31(17-25)53(47,48)49)28-12-10-26(18-32(28)54(50,51)52)40-42-34(24(6)44)36(46)38-30-14-8-20(2)16-22(30)4/h7-18,33-34H,1-6H3,(H,37,45)(H,38,46)(H,47,48,49)(H,50,51,52)/t33-,34-/m0/s1. The topological polar surface area (TPSA) is 251 Å². The predicted molar refractivity (Wildman–Crippen MR) is 199 cm³/mol. The van der Waals surface area contributed by atoms with E-state index in [2.05, 4.69) is 31.1 Å². The van der Waals surface area contributed by atoms with Gasteiger partial charge in [0.1, 0.15) is 9.79 Å². The van der Waals surface area contributed by atoms with Gasteiger partial charge in [0.2, 0.25) is 12.1 Å². The van der Waals surface area contributed by atoms with Crippen molar-refractivity contribution in [3.63, 3.8) is 0 Å². The van der Waals surface area contributed by atoms with E-state index in [1.54, 1.807) is 38.1 Å². The van der Waals surface area contributed by atoms with Crippen LogP contribution < -0.4 is 10.6 Å². The van der Waals surface area contributed by atoms with E-state index in [-0.39, 0.29) is 11.4 Å². The van der Waals surface area contributed by atoms with E-state index in [0.717, 1.165) is 60.4 Å². The number of hydrogen-bond donors (Lipinski definition) is 4. The van der Waals surface area contributed by atoms with Gasteiger partial charge in [0.15, 0.2) is 11.6 Å². The number of carbonyl (C=O) groups is 4. The Morgan fingerprint density at radius 2 is 0.907 bits per heavy atom. The summed E-state index contributed by atoms with van der Waals surface area (Å²) in [6.45, 7) is 9.48. The quantitative estimate of drug-likeness (QED) is 0.0657. The zero-order valence-electron chi connectivity index (χ0n) is 29.8. The van der Waals surface area contributed by atoms with E-state index < -0.39 is 76.6 Å². The Bertz CT molecular complexity index is 2290. The average Bonchev–Trinajstić information content (AvgIpc) is 3.06. The summed E-state index contributed by atoms with van der Waals surface area (Å²) in [5, 5.41) is 20.5. The summed E-state index contributed by atoms with van der Waals surface area (Å²) in [4.78, 5) is 48.8. The Hall–Kier alpha value is -5.82. The second kappa shape index (κ2) is 16.5. The minimum absolute atomic E-state index is 0.245. The van der Waals surface area contributed by atoms with Crippen molar-refractivity contribution in [2.45, 2.75) is 63.4 Å². The molecule has 2 atom stereocenters. The molecule has 4 aromatic rings. The lowest BCUT2D eigenvalue weighted by atomic mass is 10.0. The number of nitrogens with one attached hydrogen (secondary N) is 2. The van der Waals surface area contributed by atoms with Crippen molar-refractivity contribution >= 4 is 66.4 Å². The number of anilines is 2. The molecule has 0 aromatic heterocycles. The zero-order valence-corrected chi connectivity index (χ0v) is 31.5. The largest absolute Gasteiger partial charge is 0.324 e. The Morgan fingerprint density at radius 3 is 1.20 bits per heavy atom. The number of azo groups is 2. The molecule has 16 nitrogen and oxygen atoms in total. The molecule has 0 saturated heterocycles. The monoisotopic (exact) mass is 776 g/mol. The van der Waals surface area contributed by atoms with Gasteiger partial charge in [0, 0.05) is 22.5 Å². The third kappa shape index (κ3) is 10.2. The highest BCUT2D eigenvalue weighted by Crippen LogP contribution is 2.37. The molecular formula is C36H36N6O10S2. The van der Waals surface area contributed by atoms with Crippen molar-refractivity contribution < 1.29 is 45.1 Å². The van der Waals surface area contributed by atoms with E-state index in [4.69, 9.17) is 0 Å². The molecule has 54 heavy (non-hydrogen) atoms. The van der Waals surface area contributed by atoms with Crippen molar-refractivity contribution in [3.05, 3.63) is 95.1 Å². The van der Waals surface area contributed by atoms with Crippen LogP contribution >= 0.6 is 0 Å². The van der Waals surface area contributed by atoms with Gasteiger partial charge in [-0.3, -0.25) is 28.3 Å². The van der Waals surface area contributed by atoms with Gasteiger partial charge in [-0.2, -0.15) is 37.3 Å². The smallest absolute Gasteiger partial charge is 0.295 e. The molecule has 0 unspecified atom stereocenters. The van der Waals surface area contributed by atoms with Gasteiger partial charge in [-0.25, -0.2) is 0 Å². The second-order valence-corrected chi connectivity index (χ2v) is 15.2. The SMILES string of the molecule is CC(=O)[C@H](N=Nc1ccc(-c2ccc(N=N[C@@H](C(C)=O)C(=O)Nc3ccc(C)cc3C)cc2S(=O)(=O)O)c(S(=O)(=O)O)c1)C(=O)Nc1ccc(C)cc1C. The molecule has 0 aliphatic heterocycles. The first-order chi connectivity index (χ1) is 25.1. The maximum atomic E-state index is 12.9. The summed E-state index contributed by atoms with van der Waals surface area (Å²) in [6, 6.07) is 13.3. The first-order valence-corrected chi connectivity index (χ1v) is 18.9. The van der Waals surface area contributed by atoms with Crippen LogP contribution in [0.15, 0.2) is 103 Å². The van der Waals surface area contributed by atoms with Crippen LogP contribution in [-0.2, 0) is 39.4 Å². The normalized spacial score (nSPS) is 13.1. The summed E-state index contributed by atoms with van der Waals surface area (Å²) in [6.07, 6.45) is 0.